The topological polar surface area (TPSA) is 30.7 Å². The Labute approximate surface area is 127 Å². The maximum Gasteiger partial charge on any atom is 0.113 e. The number of halogens is 2. The molecule has 0 bridgehead atoms. The van der Waals surface area contributed by atoms with E-state index >= 15 is 0 Å². The van der Waals surface area contributed by atoms with Crippen molar-refractivity contribution in [2.45, 2.75) is 11.9 Å². The van der Waals surface area contributed by atoms with Crippen LogP contribution < -0.4 is 0 Å². The molecule has 0 fully saturated rings. The molecule has 0 unspecified atom stereocenters. The first-order valence-corrected chi connectivity index (χ1v) is 7.81. The van der Waals surface area contributed by atoms with Crippen LogP contribution in [0.5, 0.6) is 0 Å². The third-order valence-corrected chi connectivity index (χ3v) is 4.44. The molecule has 0 radical (unpaired) electrons. The normalized spacial score (nSPS) is 11.1. The molecule has 0 amide bonds. The molecule has 3 rings (SSSR count). The minimum atomic E-state index is 0.711. The molecule has 3 nitrogen and oxygen atoms in total. The fraction of sp³-hybridized carbons (Fsp3) is 0.143. The van der Waals surface area contributed by atoms with Gasteiger partial charge in [0.05, 0.1) is 12.1 Å². The zero-order valence-electron chi connectivity index (χ0n) is 10.1. The lowest BCUT2D eigenvalue weighted by molar-refractivity contribution is 0.665. The van der Waals surface area contributed by atoms with Crippen molar-refractivity contribution in [3.05, 3.63) is 58.1 Å². The largest absolute Gasteiger partial charge is 0.240 e. The average Bonchev–Trinajstić information content (AvgIpc) is 2.84. The summed E-state index contributed by atoms with van der Waals surface area (Å²) in [6, 6.07) is 14.2. The Balaban J connectivity index is 2.06. The zero-order chi connectivity index (χ0) is 13.2. The Bertz CT molecular complexity index is 722. The number of rotatable bonds is 3. The Morgan fingerprint density at radius 3 is 2.74 bits per heavy atom. The van der Waals surface area contributed by atoms with Crippen molar-refractivity contribution in [1.29, 1.82) is 0 Å². The lowest BCUT2D eigenvalue weighted by Gasteiger charge is -2.10. The van der Waals surface area contributed by atoms with E-state index in [0.29, 0.717) is 6.54 Å². The van der Waals surface area contributed by atoms with Gasteiger partial charge in [-0.2, -0.15) is 0 Å². The van der Waals surface area contributed by atoms with E-state index in [1.165, 1.54) is 11.1 Å². The highest BCUT2D eigenvalue weighted by molar-refractivity contribution is 9.10. The van der Waals surface area contributed by atoms with Gasteiger partial charge in [0.15, 0.2) is 0 Å². The second kappa shape index (κ2) is 5.43. The molecule has 2 aromatic carbocycles. The van der Waals surface area contributed by atoms with Crippen LogP contribution in [0.1, 0.15) is 11.1 Å². The predicted octanol–water partition coefficient (Wildman–Crippen LogP) is 4.14. The lowest BCUT2D eigenvalue weighted by Crippen LogP contribution is -2.05. The monoisotopic (exact) mass is 379 g/mol. The van der Waals surface area contributed by atoms with Crippen LogP contribution in [-0.2, 0) is 11.9 Å². The van der Waals surface area contributed by atoms with E-state index in [0.717, 1.165) is 20.8 Å². The highest BCUT2D eigenvalue weighted by Gasteiger charge is 2.09. The minimum absolute atomic E-state index is 0.711. The summed E-state index contributed by atoms with van der Waals surface area (Å²) < 4.78 is 3.03. The molecule has 1 heterocycles. The SMILES string of the molecule is BrCc1cccc(Br)c1Cn1nnc2ccccc21. The van der Waals surface area contributed by atoms with Gasteiger partial charge in [0.1, 0.15) is 5.52 Å². The quantitative estimate of drug-likeness (QED) is 0.639. The van der Waals surface area contributed by atoms with Gasteiger partial charge in [0.2, 0.25) is 0 Å². The van der Waals surface area contributed by atoms with Crippen molar-refractivity contribution >= 4 is 42.9 Å². The molecule has 0 aliphatic carbocycles. The second-order valence-corrected chi connectivity index (χ2v) is 5.66. The van der Waals surface area contributed by atoms with Crippen molar-refractivity contribution < 1.29 is 0 Å². The van der Waals surface area contributed by atoms with Crippen molar-refractivity contribution in [1.82, 2.24) is 15.0 Å². The van der Waals surface area contributed by atoms with E-state index < -0.39 is 0 Å². The van der Waals surface area contributed by atoms with Crippen molar-refractivity contribution in [2.75, 3.05) is 0 Å². The number of aromatic nitrogens is 3. The van der Waals surface area contributed by atoms with Gasteiger partial charge in [0.25, 0.3) is 0 Å². The number of benzene rings is 2. The number of fused-ring (bicyclic) bond motifs is 1. The summed E-state index contributed by atoms with van der Waals surface area (Å²) in [6.45, 7) is 0.711. The van der Waals surface area contributed by atoms with Crippen LogP contribution in [0.2, 0.25) is 0 Å². The standard InChI is InChI=1S/C14H11Br2N3/c15-8-10-4-3-5-12(16)11(10)9-19-14-7-2-1-6-13(14)17-18-19/h1-7H,8-9H2. The van der Waals surface area contributed by atoms with Crippen LogP contribution in [0.15, 0.2) is 46.9 Å². The average molecular weight is 381 g/mol. The van der Waals surface area contributed by atoms with Crippen LogP contribution in [-0.4, -0.2) is 15.0 Å². The molecule has 1 aromatic heterocycles. The Hall–Kier alpha value is -1.20. The first-order chi connectivity index (χ1) is 9.29. The van der Waals surface area contributed by atoms with Gasteiger partial charge in [-0.1, -0.05) is 61.3 Å². The smallest absolute Gasteiger partial charge is 0.113 e. The molecule has 0 spiro atoms. The summed E-state index contributed by atoms with van der Waals surface area (Å²) in [7, 11) is 0. The van der Waals surface area contributed by atoms with E-state index in [1.54, 1.807) is 0 Å². The highest BCUT2D eigenvalue weighted by Crippen LogP contribution is 2.24. The number of hydrogen-bond acceptors (Lipinski definition) is 2. The van der Waals surface area contributed by atoms with Gasteiger partial charge in [-0.25, -0.2) is 4.68 Å². The maximum absolute atomic E-state index is 4.24. The number of hydrogen-bond donors (Lipinski definition) is 0. The van der Waals surface area contributed by atoms with Crippen molar-refractivity contribution in [3.8, 4) is 0 Å². The van der Waals surface area contributed by atoms with Crippen LogP contribution in [0.3, 0.4) is 0 Å². The van der Waals surface area contributed by atoms with E-state index in [4.69, 9.17) is 0 Å². The summed E-state index contributed by atoms with van der Waals surface area (Å²) in [5, 5.41) is 9.25. The molecule has 96 valence electrons. The van der Waals surface area contributed by atoms with Gasteiger partial charge in [-0.3, -0.25) is 0 Å². The molecule has 3 aromatic rings. The molecular formula is C14H11Br2N3. The summed E-state index contributed by atoms with van der Waals surface area (Å²) in [5.74, 6) is 0. The molecule has 0 aliphatic rings. The van der Waals surface area contributed by atoms with Gasteiger partial charge in [-0.05, 0) is 29.3 Å². The molecule has 0 atom stereocenters. The highest BCUT2D eigenvalue weighted by atomic mass is 79.9. The fourth-order valence-corrected chi connectivity index (χ4v) is 3.15. The van der Waals surface area contributed by atoms with Crippen molar-refractivity contribution in [3.63, 3.8) is 0 Å². The van der Waals surface area contributed by atoms with Gasteiger partial charge < -0.3 is 0 Å². The van der Waals surface area contributed by atoms with Crippen LogP contribution >= 0.6 is 31.9 Å². The number of para-hydroxylation sites is 1. The number of nitrogens with zero attached hydrogens (tertiary/aromatic N) is 3. The maximum atomic E-state index is 4.24. The third-order valence-electron chi connectivity index (χ3n) is 3.09. The Morgan fingerprint density at radius 2 is 1.89 bits per heavy atom. The van der Waals surface area contributed by atoms with Gasteiger partial charge in [0, 0.05) is 9.80 Å². The molecule has 19 heavy (non-hydrogen) atoms. The molecular weight excluding hydrogens is 370 g/mol. The Kier molecular flexibility index (Phi) is 3.66. The molecule has 0 N–H and O–H groups in total. The van der Waals surface area contributed by atoms with E-state index in [2.05, 4.69) is 54.3 Å². The van der Waals surface area contributed by atoms with Crippen LogP contribution in [0.25, 0.3) is 11.0 Å². The lowest BCUT2D eigenvalue weighted by atomic mass is 10.1. The molecule has 0 saturated carbocycles. The van der Waals surface area contributed by atoms with Crippen molar-refractivity contribution in [2.24, 2.45) is 0 Å². The summed E-state index contributed by atoms with van der Waals surface area (Å²) in [5.41, 5.74) is 4.47. The predicted molar refractivity (Wildman–Crippen MR) is 83.4 cm³/mol. The van der Waals surface area contributed by atoms with Gasteiger partial charge >= 0.3 is 0 Å². The van der Waals surface area contributed by atoms with Crippen LogP contribution in [0.4, 0.5) is 0 Å². The first kappa shape index (κ1) is 12.8. The Morgan fingerprint density at radius 1 is 1.05 bits per heavy atom. The van der Waals surface area contributed by atoms with E-state index in [-0.39, 0.29) is 0 Å². The summed E-state index contributed by atoms with van der Waals surface area (Å²) in [4.78, 5) is 0. The zero-order valence-corrected chi connectivity index (χ0v) is 13.2. The first-order valence-electron chi connectivity index (χ1n) is 5.90. The second-order valence-electron chi connectivity index (χ2n) is 4.25. The molecule has 5 heteroatoms. The molecule has 0 saturated heterocycles. The minimum Gasteiger partial charge on any atom is -0.240 e. The molecule has 0 aliphatic heterocycles. The van der Waals surface area contributed by atoms with Crippen LogP contribution in [0, 0.1) is 0 Å². The van der Waals surface area contributed by atoms with Gasteiger partial charge in [-0.15, -0.1) is 5.10 Å². The van der Waals surface area contributed by atoms with E-state index in [9.17, 15) is 0 Å². The van der Waals surface area contributed by atoms with E-state index in [1.807, 2.05) is 35.0 Å². The third kappa shape index (κ3) is 2.44. The fourth-order valence-electron chi connectivity index (χ4n) is 2.09. The summed E-state index contributed by atoms with van der Waals surface area (Å²) >= 11 is 7.15. The number of alkyl halides is 1. The summed E-state index contributed by atoms with van der Waals surface area (Å²) in [6.07, 6.45) is 0.